The van der Waals surface area contributed by atoms with Crippen molar-refractivity contribution >= 4 is 6.09 Å². The highest BCUT2D eigenvalue weighted by molar-refractivity contribution is 5.68. The Bertz CT molecular complexity index is 230. The first-order valence-electron chi connectivity index (χ1n) is 6.11. The zero-order valence-corrected chi connectivity index (χ0v) is 10.9. The molecule has 1 saturated heterocycles. The lowest BCUT2D eigenvalue weighted by Gasteiger charge is -2.28. The summed E-state index contributed by atoms with van der Waals surface area (Å²) in [5, 5.41) is 3.31. The molecule has 0 aromatic carbocycles. The zero-order chi connectivity index (χ0) is 12.2. The number of hydrogen-bond acceptors (Lipinski definition) is 3. The van der Waals surface area contributed by atoms with Crippen LogP contribution >= 0.6 is 0 Å². The quantitative estimate of drug-likeness (QED) is 0.801. The fourth-order valence-electron chi connectivity index (χ4n) is 1.84. The van der Waals surface area contributed by atoms with E-state index >= 15 is 0 Å². The summed E-state index contributed by atoms with van der Waals surface area (Å²) in [6, 6.07) is 0. The molecule has 1 unspecified atom stereocenters. The molecule has 4 heteroatoms. The number of carbonyl (C=O) groups excluding carboxylic acids is 1. The van der Waals surface area contributed by atoms with Crippen LogP contribution in [0.3, 0.4) is 0 Å². The van der Waals surface area contributed by atoms with Crippen LogP contribution < -0.4 is 5.32 Å². The second kappa shape index (κ2) is 5.53. The minimum atomic E-state index is -0.404. The fourth-order valence-corrected chi connectivity index (χ4v) is 1.84. The van der Waals surface area contributed by atoms with Crippen LogP contribution in [0, 0.1) is 5.92 Å². The molecule has 0 spiro atoms. The van der Waals surface area contributed by atoms with Gasteiger partial charge in [0, 0.05) is 13.1 Å². The minimum absolute atomic E-state index is 0.193. The van der Waals surface area contributed by atoms with Gasteiger partial charge in [-0.3, -0.25) is 0 Å². The Balaban J connectivity index is 2.43. The topological polar surface area (TPSA) is 41.6 Å². The number of nitrogens with one attached hydrogen (secondary N) is 1. The zero-order valence-electron chi connectivity index (χ0n) is 10.9. The van der Waals surface area contributed by atoms with E-state index in [1.165, 1.54) is 0 Å². The lowest BCUT2D eigenvalue weighted by Crippen LogP contribution is -2.39. The molecule has 16 heavy (non-hydrogen) atoms. The first kappa shape index (κ1) is 13.3. The van der Waals surface area contributed by atoms with E-state index in [1.54, 1.807) is 4.90 Å². The van der Waals surface area contributed by atoms with Crippen molar-refractivity contribution < 1.29 is 9.53 Å². The number of nitrogens with zero attached hydrogens (tertiary/aromatic N) is 1. The van der Waals surface area contributed by atoms with Gasteiger partial charge in [0.25, 0.3) is 0 Å². The van der Waals surface area contributed by atoms with Crippen LogP contribution in [0.4, 0.5) is 4.79 Å². The average molecular weight is 228 g/mol. The third kappa shape index (κ3) is 4.39. The first-order valence-corrected chi connectivity index (χ1v) is 6.11. The van der Waals surface area contributed by atoms with Crippen LogP contribution in [-0.4, -0.2) is 42.8 Å². The molecule has 0 bridgehead atoms. The highest BCUT2D eigenvalue weighted by Crippen LogP contribution is 2.14. The molecule has 94 valence electrons. The smallest absolute Gasteiger partial charge is 0.410 e. The SMILES string of the molecule is CCN(CC1CCNC1)C(=O)OC(C)(C)C. The van der Waals surface area contributed by atoms with E-state index in [-0.39, 0.29) is 6.09 Å². The van der Waals surface area contributed by atoms with E-state index in [0.29, 0.717) is 12.5 Å². The second-order valence-corrected chi connectivity index (χ2v) is 5.38. The van der Waals surface area contributed by atoms with Crippen molar-refractivity contribution in [3.05, 3.63) is 0 Å². The van der Waals surface area contributed by atoms with Crippen molar-refractivity contribution in [1.29, 1.82) is 0 Å². The van der Waals surface area contributed by atoms with Gasteiger partial charge in [-0.05, 0) is 53.1 Å². The highest BCUT2D eigenvalue weighted by Gasteiger charge is 2.24. The van der Waals surface area contributed by atoms with Crippen LogP contribution in [-0.2, 0) is 4.74 Å². The molecular formula is C12H24N2O2. The van der Waals surface area contributed by atoms with Crippen LogP contribution in [0.25, 0.3) is 0 Å². The van der Waals surface area contributed by atoms with Crippen LogP contribution in [0.15, 0.2) is 0 Å². The number of ether oxygens (including phenoxy) is 1. The fraction of sp³-hybridized carbons (Fsp3) is 0.917. The predicted molar refractivity (Wildman–Crippen MR) is 64.5 cm³/mol. The molecule has 0 saturated carbocycles. The number of carbonyl (C=O) groups is 1. The van der Waals surface area contributed by atoms with E-state index in [9.17, 15) is 4.79 Å². The third-order valence-electron chi connectivity index (χ3n) is 2.67. The van der Waals surface area contributed by atoms with Gasteiger partial charge in [-0.25, -0.2) is 4.79 Å². The molecule has 1 fully saturated rings. The normalized spacial score (nSPS) is 20.9. The van der Waals surface area contributed by atoms with Gasteiger partial charge in [0.05, 0.1) is 0 Å². The first-order chi connectivity index (χ1) is 7.42. The van der Waals surface area contributed by atoms with Crippen molar-refractivity contribution in [2.75, 3.05) is 26.2 Å². The second-order valence-electron chi connectivity index (χ2n) is 5.38. The Morgan fingerprint density at radius 2 is 2.19 bits per heavy atom. The van der Waals surface area contributed by atoms with Gasteiger partial charge in [-0.15, -0.1) is 0 Å². The van der Waals surface area contributed by atoms with Gasteiger partial charge in [-0.1, -0.05) is 0 Å². The Hall–Kier alpha value is -0.770. The molecule has 0 aliphatic carbocycles. The van der Waals surface area contributed by atoms with Crippen molar-refractivity contribution in [3.63, 3.8) is 0 Å². The molecule has 0 aromatic heterocycles. The van der Waals surface area contributed by atoms with E-state index in [0.717, 1.165) is 26.1 Å². The Labute approximate surface area is 98.3 Å². The molecule has 1 aliphatic rings. The molecule has 1 aliphatic heterocycles. The average Bonchev–Trinajstić information content (AvgIpc) is 2.63. The number of amides is 1. The van der Waals surface area contributed by atoms with Crippen LogP contribution in [0.1, 0.15) is 34.1 Å². The third-order valence-corrected chi connectivity index (χ3v) is 2.67. The summed E-state index contributed by atoms with van der Waals surface area (Å²) in [7, 11) is 0. The van der Waals surface area contributed by atoms with Gasteiger partial charge < -0.3 is 15.0 Å². The summed E-state index contributed by atoms with van der Waals surface area (Å²) in [5.41, 5.74) is -0.404. The highest BCUT2D eigenvalue weighted by atomic mass is 16.6. The van der Waals surface area contributed by atoms with Gasteiger partial charge in [-0.2, -0.15) is 0 Å². The standard InChI is InChI=1S/C12H24N2O2/c1-5-14(9-10-6-7-13-8-10)11(15)16-12(2,3)4/h10,13H,5-9H2,1-4H3. The summed E-state index contributed by atoms with van der Waals surface area (Å²) < 4.78 is 5.37. The molecule has 1 rings (SSSR count). The van der Waals surface area contributed by atoms with Crippen LogP contribution in [0.5, 0.6) is 0 Å². The Morgan fingerprint density at radius 3 is 2.62 bits per heavy atom. The van der Waals surface area contributed by atoms with Gasteiger partial charge in [0.2, 0.25) is 0 Å². The summed E-state index contributed by atoms with van der Waals surface area (Å²) in [6.45, 7) is 11.3. The monoisotopic (exact) mass is 228 g/mol. The summed E-state index contributed by atoms with van der Waals surface area (Å²) >= 11 is 0. The maximum atomic E-state index is 11.9. The van der Waals surface area contributed by atoms with E-state index in [1.807, 2.05) is 27.7 Å². The largest absolute Gasteiger partial charge is 0.444 e. The molecule has 1 N–H and O–H groups in total. The van der Waals surface area contributed by atoms with Gasteiger partial charge in [0.15, 0.2) is 0 Å². The lowest BCUT2D eigenvalue weighted by molar-refractivity contribution is 0.0236. The molecule has 1 heterocycles. The summed E-state index contributed by atoms with van der Waals surface area (Å²) in [5.74, 6) is 0.576. The van der Waals surface area contributed by atoms with E-state index in [4.69, 9.17) is 4.74 Å². The summed E-state index contributed by atoms with van der Waals surface area (Å²) in [6.07, 6.45) is 0.959. The maximum absolute atomic E-state index is 11.9. The molecular weight excluding hydrogens is 204 g/mol. The predicted octanol–water partition coefficient (Wildman–Crippen LogP) is 1.85. The van der Waals surface area contributed by atoms with E-state index in [2.05, 4.69) is 5.32 Å². The number of hydrogen-bond donors (Lipinski definition) is 1. The van der Waals surface area contributed by atoms with Crippen molar-refractivity contribution in [1.82, 2.24) is 10.2 Å². The minimum Gasteiger partial charge on any atom is -0.444 e. The molecule has 0 aromatic rings. The van der Waals surface area contributed by atoms with Crippen LogP contribution in [0.2, 0.25) is 0 Å². The Morgan fingerprint density at radius 1 is 1.50 bits per heavy atom. The Kier molecular flexibility index (Phi) is 4.59. The lowest BCUT2D eigenvalue weighted by atomic mass is 10.1. The van der Waals surface area contributed by atoms with Gasteiger partial charge in [0.1, 0.15) is 5.60 Å². The summed E-state index contributed by atoms with van der Waals surface area (Å²) in [4.78, 5) is 13.7. The van der Waals surface area contributed by atoms with Crippen molar-refractivity contribution in [3.8, 4) is 0 Å². The van der Waals surface area contributed by atoms with E-state index < -0.39 is 5.60 Å². The maximum Gasteiger partial charge on any atom is 0.410 e. The number of rotatable bonds is 3. The molecule has 1 amide bonds. The molecule has 0 radical (unpaired) electrons. The van der Waals surface area contributed by atoms with Crippen molar-refractivity contribution in [2.24, 2.45) is 5.92 Å². The molecule has 4 nitrogen and oxygen atoms in total. The molecule has 1 atom stereocenters. The van der Waals surface area contributed by atoms with Gasteiger partial charge >= 0.3 is 6.09 Å². The van der Waals surface area contributed by atoms with Crippen molar-refractivity contribution in [2.45, 2.75) is 39.7 Å².